The Kier molecular flexibility index (Phi) is 7.52. The van der Waals surface area contributed by atoms with Gasteiger partial charge in [-0.3, -0.25) is 4.79 Å². The number of carbonyl (C=O) groups is 1. The van der Waals surface area contributed by atoms with Gasteiger partial charge in [0.05, 0.1) is 5.41 Å². The Labute approximate surface area is 124 Å². The number of hydrogen-bond acceptors (Lipinski definition) is 3. The number of rotatable bonds is 9. The van der Waals surface area contributed by atoms with Gasteiger partial charge in [0.2, 0.25) is 5.91 Å². The monoisotopic (exact) mass is 283 g/mol. The molecule has 0 aromatic carbocycles. The number of nitrogens with zero attached hydrogens (tertiary/aromatic N) is 2. The van der Waals surface area contributed by atoms with Gasteiger partial charge in [0, 0.05) is 26.7 Å². The quantitative estimate of drug-likeness (QED) is 0.705. The van der Waals surface area contributed by atoms with Crippen LogP contribution in [0.15, 0.2) is 0 Å². The molecule has 0 aromatic heterocycles. The van der Waals surface area contributed by atoms with E-state index in [-0.39, 0.29) is 11.3 Å². The normalized spacial score (nSPS) is 16.6. The maximum atomic E-state index is 12.8. The van der Waals surface area contributed by atoms with Crippen LogP contribution in [0.4, 0.5) is 0 Å². The largest absolute Gasteiger partial charge is 0.344 e. The fourth-order valence-corrected chi connectivity index (χ4v) is 3.39. The van der Waals surface area contributed by atoms with Gasteiger partial charge in [-0.2, -0.15) is 0 Å². The molecule has 1 aliphatic heterocycles. The van der Waals surface area contributed by atoms with E-state index < -0.39 is 0 Å². The van der Waals surface area contributed by atoms with E-state index in [1.54, 1.807) is 0 Å². The summed E-state index contributed by atoms with van der Waals surface area (Å²) in [5, 5.41) is 0. The zero-order chi connectivity index (χ0) is 15.0. The van der Waals surface area contributed by atoms with Gasteiger partial charge < -0.3 is 15.5 Å². The first kappa shape index (κ1) is 17.4. The SMILES string of the molecule is CCCC(CN)(CCC)C(=O)N(C)CCN1CCCC1. The summed E-state index contributed by atoms with van der Waals surface area (Å²) in [6.07, 6.45) is 6.45. The molecule has 118 valence electrons. The maximum absolute atomic E-state index is 12.8. The second kappa shape index (κ2) is 8.63. The molecule has 0 bridgehead atoms. The number of amides is 1. The minimum Gasteiger partial charge on any atom is -0.344 e. The van der Waals surface area contributed by atoms with Crippen LogP contribution >= 0.6 is 0 Å². The first-order valence-corrected chi connectivity index (χ1v) is 8.27. The number of nitrogens with two attached hydrogens (primary N) is 1. The molecule has 0 spiro atoms. The summed E-state index contributed by atoms with van der Waals surface area (Å²) in [6.45, 7) is 8.95. The topological polar surface area (TPSA) is 49.6 Å². The Morgan fingerprint density at radius 1 is 1.20 bits per heavy atom. The maximum Gasteiger partial charge on any atom is 0.229 e. The molecule has 0 radical (unpaired) electrons. The number of likely N-dealkylation sites (N-methyl/N-ethyl adjacent to an activating group) is 1. The molecule has 2 N–H and O–H groups in total. The molecule has 1 amide bonds. The summed E-state index contributed by atoms with van der Waals surface area (Å²) < 4.78 is 0. The van der Waals surface area contributed by atoms with Crippen LogP contribution in [0, 0.1) is 5.41 Å². The van der Waals surface area contributed by atoms with Crippen LogP contribution in [0.1, 0.15) is 52.4 Å². The molecule has 20 heavy (non-hydrogen) atoms. The second-order valence-corrected chi connectivity index (χ2v) is 6.26. The van der Waals surface area contributed by atoms with Crippen molar-refractivity contribution in [2.24, 2.45) is 11.1 Å². The molecule has 1 aliphatic rings. The predicted molar refractivity (Wildman–Crippen MR) is 84.6 cm³/mol. The summed E-state index contributed by atoms with van der Waals surface area (Å²) in [5.74, 6) is 0.253. The molecule has 1 heterocycles. The lowest BCUT2D eigenvalue weighted by Crippen LogP contribution is -2.48. The van der Waals surface area contributed by atoms with Crippen molar-refractivity contribution in [1.29, 1.82) is 0 Å². The molecule has 0 saturated carbocycles. The van der Waals surface area contributed by atoms with E-state index in [1.165, 1.54) is 25.9 Å². The smallest absolute Gasteiger partial charge is 0.229 e. The van der Waals surface area contributed by atoms with Crippen molar-refractivity contribution in [3.63, 3.8) is 0 Å². The summed E-state index contributed by atoms with van der Waals surface area (Å²) in [7, 11) is 1.94. The highest BCUT2D eigenvalue weighted by Gasteiger charge is 2.37. The van der Waals surface area contributed by atoms with Gasteiger partial charge in [-0.05, 0) is 38.8 Å². The Balaban J connectivity index is 2.57. The molecular formula is C16H33N3O. The van der Waals surface area contributed by atoms with E-state index in [1.807, 2.05) is 11.9 Å². The third kappa shape index (κ3) is 4.45. The predicted octanol–water partition coefficient (Wildman–Crippen LogP) is 2.09. The van der Waals surface area contributed by atoms with Gasteiger partial charge in [0.15, 0.2) is 0 Å². The second-order valence-electron chi connectivity index (χ2n) is 6.26. The molecular weight excluding hydrogens is 250 g/mol. The third-order valence-electron chi connectivity index (χ3n) is 4.60. The zero-order valence-corrected chi connectivity index (χ0v) is 13.7. The Bertz CT molecular complexity index is 281. The van der Waals surface area contributed by atoms with E-state index >= 15 is 0 Å². The summed E-state index contributed by atoms with van der Waals surface area (Å²) in [4.78, 5) is 17.2. The fraction of sp³-hybridized carbons (Fsp3) is 0.938. The molecule has 0 atom stereocenters. The van der Waals surface area contributed by atoms with Crippen LogP contribution < -0.4 is 5.73 Å². The van der Waals surface area contributed by atoms with Gasteiger partial charge >= 0.3 is 0 Å². The Morgan fingerprint density at radius 3 is 2.20 bits per heavy atom. The first-order valence-electron chi connectivity index (χ1n) is 8.27. The highest BCUT2D eigenvalue weighted by atomic mass is 16.2. The molecule has 4 nitrogen and oxygen atoms in total. The summed E-state index contributed by atoms with van der Waals surface area (Å²) >= 11 is 0. The number of carbonyl (C=O) groups excluding carboxylic acids is 1. The van der Waals surface area contributed by atoms with Crippen molar-refractivity contribution >= 4 is 5.91 Å². The lowest BCUT2D eigenvalue weighted by molar-refractivity contribution is -0.141. The van der Waals surface area contributed by atoms with Crippen LogP contribution in [0.3, 0.4) is 0 Å². The van der Waals surface area contributed by atoms with Gasteiger partial charge in [0.1, 0.15) is 0 Å². The average Bonchev–Trinajstić information content (AvgIpc) is 2.96. The molecule has 0 unspecified atom stereocenters. The zero-order valence-electron chi connectivity index (χ0n) is 13.7. The van der Waals surface area contributed by atoms with Crippen molar-refractivity contribution in [2.75, 3.05) is 39.8 Å². The first-order chi connectivity index (χ1) is 9.59. The Hall–Kier alpha value is -0.610. The van der Waals surface area contributed by atoms with Crippen molar-refractivity contribution in [3.05, 3.63) is 0 Å². The van der Waals surface area contributed by atoms with Crippen molar-refractivity contribution in [3.8, 4) is 0 Å². The van der Waals surface area contributed by atoms with Crippen LogP contribution in [0.25, 0.3) is 0 Å². The van der Waals surface area contributed by atoms with Crippen LogP contribution in [-0.4, -0.2) is 55.5 Å². The molecule has 0 aromatic rings. The van der Waals surface area contributed by atoms with Crippen LogP contribution in [0.5, 0.6) is 0 Å². The average molecular weight is 283 g/mol. The third-order valence-corrected chi connectivity index (χ3v) is 4.60. The van der Waals surface area contributed by atoms with Crippen LogP contribution in [-0.2, 0) is 4.79 Å². The standard InChI is InChI=1S/C16H33N3O/c1-4-8-16(14-17,9-5-2)15(20)18(3)12-13-19-10-6-7-11-19/h4-14,17H2,1-3H3. The van der Waals surface area contributed by atoms with E-state index in [2.05, 4.69) is 18.7 Å². The lowest BCUT2D eigenvalue weighted by Gasteiger charge is -2.35. The molecule has 1 saturated heterocycles. The van der Waals surface area contributed by atoms with Crippen molar-refractivity contribution < 1.29 is 4.79 Å². The number of hydrogen-bond donors (Lipinski definition) is 1. The van der Waals surface area contributed by atoms with E-state index in [0.29, 0.717) is 6.54 Å². The molecule has 1 fully saturated rings. The van der Waals surface area contributed by atoms with Crippen molar-refractivity contribution in [2.45, 2.75) is 52.4 Å². The number of likely N-dealkylation sites (tertiary alicyclic amines) is 1. The Morgan fingerprint density at radius 2 is 1.75 bits per heavy atom. The van der Waals surface area contributed by atoms with E-state index in [9.17, 15) is 4.79 Å². The van der Waals surface area contributed by atoms with Gasteiger partial charge in [-0.25, -0.2) is 0 Å². The molecule has 1 rings (SSSR count). The molecule has 0 aliphatic carbocycles. The van der Waals surface area contributed by atoms with E-state index in [0.717, 1.165) is 38.8 Å². The lowest BCUT2D eigenvalue weighted by atomic mass is 9.78. The highest BCUT2D eigenvalue weighted by molar-refractivity contribution is 5.82. The molecule has 4 heteroatoms. The van der Waals surface area contributed by atoms with Gasteiger partial charge in [-0.15, -0.1) is 0 Å². The van der Waals surface area contributed by atoms with Gasteiger partial charge in [-0.1, -0.05) is 26.7 Å². The van der Waals surface area contributed by atoms with Crippen LogP contribution in [0.2, 0.25) is 0 Å². The minimum atomic E-state index is -0.330. The van der Waals surface area contributed by atoms with Gasteiger partial charge in [0.25, 0.3) is 0 Å². The summed E-state index contributed by atoms with van der Waals surface area (Å²) in [5.41, 5.74) is 5.65. The van der Waals surface area contributed by atoms with E-state index in [4.69, 9.17) is 5.73 Å². The van der Waals surface area contributed by atoms with Crippen molar-refractivity contribution in [1.82, 2.24) is 9.80 Å². The highest BCUT2D eigenvalue weighted by Crippen LogP contribution is 2.30. The summed E-state index contributed by atoms with van der Waals surface area (Å²) in [6, 6.07) is 0. The minimum absolute atomic E-state index is 0.253. The fourth-order valence-electron chi connectivity index (χ4n) is 3.39.